The molecule has 5 rings (SSSR count). The van der Waals surface area contributed by atoms with Crippen LogP contribution in [0.25, 0.3) is 21.8 Å². The van der Waals surface area contributed by atoms with Crippen LogP contribution < -0.4 is 5.32 Å². The van der Waals surface area contributed by atoms with Gasteiger partial charge in [0.15, 0.2) is 0 Å². The Balaban J connectivity index is 1.47. The molecule has 2 aromatic carbocycles. The summed E-state index contributed by atoms with van der Waals surface area (Å²) in [7, 11) is 0. The van der Waals surface area contributed by atoms with Crippen molar-refractivity contribution >= 4 is 33.7 Å². The number of carbonyl (C=O) groups excluding carboxylic acids is 1. The van der Waals surface area contributed by atoms with Gasteiger partial charge in [0.05, 0.1) is 0 Å². The highest BCUT2D eigenvalue weighted by Gasteiger charge is 2.31. The minimum Gasteiger partial charge on any atom is -0.480 e. The first-order chi connectivity index (χ1) is 15.5. The van der Waals surface area contributed by atoms with E-state index in [-0.39, 0.29) is 17.8 Å². The maximum absolute atomic E-state index is 14.1. The van der Waals surface area contributed by atoms with Crippen LogP contribution in [-0.4, -0.2) is 32.6 Å². The molecule has 6 nitrogen and oxygen atoms in total. The molecule has 0 saturated heterocycles. The number of nitrogens with zero attached hydrogens (tertiary/aromatic N) is 1. The Morgan fingerprint density at radius 3 is 2.81 bits per heavy atom. The number of carboxylic acid groups (broad SMARTS) is 1. The topological polar surface area (TPSA) is 87.1 Å². The molecule has 1 amide bonds. The molecule has 1 unspecified atom stereocenters. The number of aromatic amines is 1. The molecule has 0 radical (unpaired) electrons. The van der Waals surface area contributed by atoms with Gasteiger partial charge in [0.25, 0.3) is 5.91 Å². The highest BCUT2D eigenvalue weighted by atomic mass is 19.1. The summed E-state index contributed by atoms with van der Waals surface area (Å²) in [6, 6.07) is 13.2. The van der Waals surface area contributed by atoms with Crippen molar-refractivity contribution in [3.63, 3.8) is 0 Å². The first-order valence-corrected chi connectivity index (χ1v) is 10.9. The lowest BCUT2D eigenvalue weighted by Gasteiger charge is -2.26. The highest BCUT2D eigenvalue weighted by Crippen LogP contribution is 2.36. The zero-order chi connectivity index (χ0) is 22.4. The van der Waals surface area contributed by atoms with Crippen LogP contribution in [0.5, 0.6) is 0 Å². The van der Waals surface area contributed by atoms with E-state index in [0.717, 1.165) is 33.1 Å². The van der Waals surface area contributed by atoms with Crippen LogP contribution in [0.4, 0.5) is 4.39 Å². The molecule has 0 fully saturated rings. The second kappa shape index (κ2) is 7.82. The number of aromatic nitrogens is 2. The number of H-pyrrole nitrogens is 1. The molecule has 2 atom stereocenters. The second-order valence-electron chi connectivity index (χ2n) is 8.40. The summed E-state index contributed by atoms with van der Waals surface area (Å²) < 4.78 is 15.9. The number of hydrogen-bond acceptors (Lipinski definition) is 2. The van der Waals surface area contributed by atoms with Gasteiger partial charge in [-0.3, -0.25) is 4.79 Å². The fourth-order valence-electron chi connectivity index (χ4n) is 4.97. The van der Waals surface area contributed by atoms with Crippen LogP contribution >= 0.6 is 0 Å². The smallest absolute Gasteiger partial charge is 0.326 e. The van der Waals surface area contributed by atoms with E-state index in [1.54, 1.807) is 6.07 Å². The van der Waals surface area contributed by atoms with Crippen LogP contribution in [0.1, 0.15) is 47.6 Å². The van der Waals surface area contributed by atoms with Crippen molar-refractivity contribution in [2.24, 2.45) is 0 Å². The van der Waals surface area contributed by atoms with Crippen molar-refractivity contribution in [1.82, 2.24) is 14.9 Å². The third kappa shape index (κ3) is 3.34. The van der Waals surface area contributed by atoms with E-state index < -0.39 is 12.0 Å². The number of fused-ring (bicyclic) bond motifs is 4. The average Bonchev–Trinajstić information content (AvgIpc) is 3.34. The van der Waals surface area contributed by atoms with E-state index in [1.807, 2.05) is 41.8 Å². The Kier molecular flexibility index (Phi) is 4.96. The SMILES string of the molecule is CCC(C(=O)O)n1c2c(c3cc(F)ccc31)C[C@@H](NC(=O)c1cc3ccccc3[nH]1)CC2. The van der Waals surface area contributed by atoms with E-state index in [1.165, 1.54) is 12.1 Å². The Bertz CT molecular complexity index is 1320. The van der Waals surface area contributed by atoms with Crippen molar-refractivity contribution < 1.29 is 19.1 Å². The van der Waals surface area contributed by atoms with Crippen LogP contribution in [0, 0.1) is 5.82 Å². The molecule has 1 aliphatic rings. The molecule has 0 saturated carbocycles. The first kappa shape index (κ1) is 20.3. The second-order valence-corrected chi connectivity index (χ2v) is 8.40. The largest absolute Gasteiger partial charge is 0.480 e. The molecular formula is C25H24FN3O3. The van der Waals surface area contributed by atoms with Crippen LogP contribution in [-0.2, 0) is 17.6 Å². The summed E-state index contributed by atoms with van der Waals surface area (Å²) >= 11 is 0. The van der Waals surface area contributed by atoms with Gasteiger partial charge < -0.3 is 20.0 Å². The average molecular weight is 433 g/mol. The third-order valence-corrected chi connectivity index (χ3v) is 6.46. The van der Waals surface area contributed by atoms with Gasteiger partial charge in [-0.05, 0) is 61.6 Å². The molecule has 0 spiro atoms. The number of carboxylic acids is 1. The molecule has 0 bridgehead atoms. The van der Waals surface area contributed by atoms with Crippen molar-refractivity contribution in [2.75, 3.05) is 0 Å². The van der Waals surface area contributed by atoms with Crippen LogP contribution in [0.15, 0.2) is 48.5 Å². The van der Waals surface area contributed by atoms with E-state index in [4.69, 9.17) is 0 Å². The monoisotopic (exact) mass is 433 g/mol. The van der Waals surface area contributed by atoms with E-state index in [2.05, 4.69) is 10.3 Å². The maximum atomic E-state index is 14.1. The summed E-state index contributed by atoms with van der Waals surface area (Å²) in [5.41, 5.74) is 3.99. The van der Waals surface area contributed by atoms with Gasteiger partial charge in [-0.1, -0.05) is 25.1 Å². The molecule has 0 aliphatic heterocycles. The summed E-state index contributed by atoms with van der Waals surface area (Å²) in [6.45, 7) is 1.84. The predicted octanol–water partition coefficient (Wildman–Crippen LogP) is 4.58. The van der Waals surface area contributed by atoms with Gasteiger partial charge in [-0.2, -0.15) is 0 Å². The number of halogens is 1. The zero-order valence-electron chi connectivity index (χ0n) is 17.7. The fourth-order valence-corrected chi connectivity index (χ4v) is 4.97. The number of carbonyl (C=O) groups is 2. The number of benzene rings is 2. The minimum atomic E-state index is -0.897. The van der Waals surface area contributed by atoms with Crippen molar-refractivity contribution in [1.29, 1.82) is 0 Å². The summed E-state index contributed by atoms with van der Waals surface area (Å²) in [5, 5.41) is 14.6. The maximum Gasteiger partial charge on any atom is 0.326 e. The number of aliphatic carboxylic acids is 1. The lowest BCUT2D eigenvalue weighted by atomic mass is 9.91. The molecule has 7 heteroatoms. The molecule has 32 heavy (non-hydrogen) atoms. The Morgan fingerprint density at radius 1 is 1.25 bits per heavy atom. The highest BCUT2D eigenvalue weighted by molar-refractivity contribution is 5.98. The van der Waals surface area contributed by atoms with E-state index in [9.17, 15) is 19.1 Å². The predicted molar refractivity (Wildman–Crippen MR) is 120 cm³/mol. The normalized spacial score (nSPS) is 16.8. The van der Waals surface area contributed by atoms with Crippen LogP contribution in [0.3, 0.4) is 0 Å². The Morgan fingerprint density at radius 2 is 2.06 bits per heavy atom. The number of rotatable bonds is 5. The van der Waals surface area contributed by atoms with E-state index >= 15 is 0 Å². The van der Waals surface area contributed by atoms with Gasteiger partial charge in [0.1, 0.15) is 17.6 Å². The molecule has 4 aromatic rings. The van der Waals surface area contributed by atoms with Crippen molar-refractivity contribution in [2.45, 2.75) is 44.7 Å². The fraction of sp³-hybridized carbons (Fsp3) is 0.280. The Hall–Kier alpha value is -3.61. The van der Waals surface area contributed by atoms with Gasteiger partial charge >= 0.3 is 5.97 Å². The summed E-state index contributed by atoms with van der Waals surface area (Å²) in [5.74, 6) is -1.43. The van der Waals surface area contributed by atoms with Gasteiger partial charge in [-0.15, -0.1) is 0 Å². The minimum absolute atomic E-state index is 0.117. The summed E-state index contributed by atoms with van der Waals surface area (Å²) in [4.78, 5) is 27.9. The molecule has 3 N–H and O–H groups in total. The third-order valence-electron chi connectivity index (χ3n) is 6.46. The molecule has 1 aliphatic carbocycles. The van der Waals surface area contributed by atoms with E-state index in [0.29, 0.717) is 31.4 Å². The first-order valence-electron chi connectivity index (χ1n) is 10.9. The molecule has 164 valence electrons. The number of hydrogen-bond donors (Lipinski definition) is 3. The number of amides is 1. The summed E-state index contributed by atoms with van der Waals surface area (Å²) in [6.07, 6.45) is 2.27. The number of nitrogens with one attached hydrogen (secondary N) is 2. The molecular weight excluding hydrogens is 409 g/mol. The number of para-hydroxylation sites is 1. The van der Waals surface area contributed by atoms with Gasteiger partial charge in [-0.25, -0.2) is 9.18 Å². The molecule has 2 heterocycles. The van der Waals surface area contributed by atoms with Gasteiger partial charge in [0, 0.05) is 33.5 Å². The van der Waals surface area contributed by atoms with Crippen molar-refractivity contribution in [3.05, 3.63) is 71.3 Å². The lowest BCUT2D eigenvalue weighted by molar-refractivity contribution is -0.140. The van der Waals surface area contributed by atoms with Crippen molar-refractivity contribution in [3.8, 4) is 0 Å². The van der Waals surface area contributed by atoms with Gasteiger partial charge in [0.2, 0.25) is 0 Å². The Labute approximate surface area is 184 Å². The zero-order valence-corrected chi connectivity index (χ0v) is 17.7. The lowest BCUT2D eigenvalue weighted by Crippen LogP contribution is -2.39. The standard InChI is InChI=1S/C25H24FN3O3/c1-2-21(25(31)32)29-22-9-7-15(26)12-17(22)18-13-16(8-10-23(18)29)27-24(30)20-11-14-5-3-4-6-19(14)28-20/h3-7,9,11-12,16,21,28H,2,8,10,13H2,1H3,(H,27,30)(H,31,32)/t16-,21?/m0/s1. The quantitative estimate of drug-likeness (QED) is 0.430. The van der Waals surface area contributed by atoms with Crippen LogP contribution in [0.2, 0.25) is 0 Å². The molecule has 2 aromatic heterocycles.